The number of aryl methyl sites for hydroxylation is 3. The lowest BCUT2D eigenvalue weighted by atomic mass is 9.92. The predicted octanol–water partition coefficient (Wildman–Crippen LogP) is 2.18. The summed E-state index contributed by atoms with van der Waals surface area (Å²) in [5.41, 5.74) is 1.53. The summed E-state index contributed by atoms with van der Waals surface area (Å²) in [5.74, 6) is -0.111. The molecule has 31 heavy (non-hydrogen) atoms. The number of fused-ring (bicyclic) bond motifs is 2. The van der Waals surface area contributed by atoms with E-state index in [1.165, 1.54) is 11.3 Å². The van der Waals surface area contributed by atoms with Gasteiger partial charge >= 0.3 is 6.03 Å². The average Bonchev–Trinajstić information content (AvgIpc) is 3.47. The van der Waals surface area contributed by atoms with Crippen LogP contribution in [-0.2, 0) is 28.6 Å². The van der Waals surface area contributed by atoms with E-state index in [4.69, 9.17) is 0 Å². The number of thiazole rings is 1. The van der Waals surface area contributed by atoms with Crippen molar-refractivity contribution in [3.05, 3.63) is 53.5 Å². The molecule has 3 aromatic rings. The molecule has 0 radical (unpaired) electrons. The summed E-state index contributed by atoms with van der Waals surface area (Å²) in [6.45, 7) is 1.47. The van der Waals surface area contributed by atoms with Gasteiger partial charge in [-0.2, -0.15) is 0 Å². The summed E-state index contributed by atoms with van der Waals surface area (Å²) in [5, 5.41) is 5.93. The van der Waals surface area contributed by atoms with Gasteiger partial charge in [-0.15, -0.1) is 0 Å². The Bertz CT molecular complexity index is 1230. The van der Waals surface area contributed by atoms with Crippen LogP contribution in [0.3, 0.4) is 0 Å². The Kier molecular flexibility index (Phi) is 4.40. The van der Waals surface area contributed by atoms with E-state index in [0.717, 1.165) is 32.4 Å². The predicted molar refractivity (Wildman–Crippen MR) is 114 cm³/mol. The highest BCUT2D eigenvalue weighted by atomic mass is 32.1. The van der Waals surface area contributed by atoms with E-state index in [2.05, 4.69) is 20.6 Å². The molecule has 2 N–H and O–H groups in total. The van der Waals surface area contributed by atoms with E-state index < -0.39 is 17.5 Å². The number of anilines is 1. The van der Waals surface area contributed by atoms with Crippen LogP contribution in [0, 0.1) is 6.92 Å². The van der Waals surface area contributed by atoms with Crippen LogP contribution in [0.25, 0.3) is 10.7 Å². The molecule has 1 spiro atoms. The number of rotatable bonds is 4. The van der Waals surface area contributed by atoms with Gasteiger partial charge in [-0.3, -0.25) is 14.5 Å². The van der Waals surface area contributed by atoms with Gasteiger partial charge in [-0.05, 0) is 30.9 Å². The number of amides is 4. The second-order valence-corrected chi connectivity index (χ2v) is 8.73. The van der Waals surface area contributed by atoms with E-state index >= 15 is 0 Å². The standard InChI is InChI=1S/C21H20N6O3S/c1-12-16(17-22-9-10-26(17)2)31-19(23-12)24-15(28)11-27-18(29)21(25-20(27)30)8-7-13-5-3-4-6-14(13)21/h3-6,9-10H,7-8,11H2,1-2H3,(H,25,30)(H,23,24,28). The molecule has 0 bridgehead atoms. The number of hydrogen-bond donors (Lipinski definition) is 2. The van der Waals surface area contributed by atoms with E-state index in [-0.39, 0.29) is 12.5 Å². The van der Waals surface area contributed by atoms with Crippen LogP contribution in [-0.4, -0.2) is 43.8 Å². The maximum absolute atomic E-state index is 13.2. The summed E-state index contributed by atoms with van der Waals surface area (Å²) >= 11 is 1.30. The zero-order valence-corrected chi connectivity index (χ0v) is 17.8. The Balaban J connectivity index is 1.32. The van der Waals surface area contributed by atoms with Crippen LogP contribution in [0.15, 0.2) is 36.7 Å². The molecule has 1 atom stereocenters. The molecular weight excluding hydrogens is 416 g/mol. The fraction of sp³-hybridized carbons (Fsp3) is 0.286. The first-order valence-electron chi connectivity index (χ1n) is 9.86. The number of hydrogen-bond acceptors (Lipinski definition) is 6. The molecule has 158 valence electrons. The molecule has 2 aliphatic rings. The van der Waals surface area contributed by atoms with E-state index in [0.29, 0.717) is 18.0 Å². The lowest BCUT2D eigenvalue weighted by Gasteiger charge is -2.22. The van der Waals surface area contributed by atoms with E-state index in [1.807, 2.05) is 49.0 Å². The molecule has 0 saturated carbocycles. The number of aromatic nitrogens is 3. The number of carbonyl (C=O) groups excluding carboxylic acids is 3. The summed E-state index contributed by atoms with van der Waals surface area (Å²) in [6, 6.07) is 7.04. The second kappa shape index (κ2) is 7.02. The molecule has 10 heteroatoms. The van der Waals surface area contributed by atoms with E-state index in [9.17, 15) is 14.4 Å². The molecule has 1 fully saturated rings. The zero-order valence-electron chi connectivity index (χ0n) is 17.0. The quantitative estimate of drug-likeness (QED) is 0.610. The van der Waals surface area contributed by atoms with E-state index in [1.54, 1.807) is 6.20 Å². The third-order valence-electron chi connectivity index (χ3n) is 5.79. The van der Waals surface area contributed by atoms with Gasteiger partial charge in [0, 0.05) is 19.4 Å². The molecule has 1 unspecified atom stereocenters. The average molecular weight is 436 g/mol. The van der Waals surface area contributed by atoms with Crippen LogP contribution in [0.2, 0.25) is 0 Å². The van der Waals surface area contributed by atoms with Crippen molar-refractivity contribution in [3.63, 3.8) is 0 Å². The first kappa shape index (κ1) is 19.4. The molecule has 1 aromatic carbocycles. The molecule has 3 heterocycles. The SMILES string of the molecule is Cc1nc(NC(=O)CN2C(=O)NC3(CCc4ccccc43)C2=O)sc1-c1nccn1C. The zero-order chi connectivity index (χ0) is 21.8. The van der Waals surface area contributed by atoms with Crippen molar-refractivity contribution in [2.75, 3.05) is 11.9 Å². The molecule has 5 rings (SSSR count). The number of imidazole rings is 1. The Morgan fingerprint density at radius 2 is 2.13 bits per heavy atom. The Morgan fingerprint density at radius 3 is 2.90 bits per heavy atom. The minimum Gasteiger partial charge on any atom is -0.333 e. The molecule has 1 saturated heterocycles. The molecular formula is C21H20N6O3S. The second-order valence-electron chi connectivity index (χ2n) is 7.73. The van der Waals surface area contributed by atoms with Crippen molar-refractivity contribution in [1.82, 2.24) is 24.8 Å². The largest absolute Gasteiger partial charge is 0.333 e. The maximum atomic E-state index is 13.2. The third kappa shape index (κ3) is 3.02. The van der Waals surface area contributed by atoms with Crippen LogP contribution in [0.5, 0.6) is 0 Å². The van der Waals surface area contributed by atoms with Gasteiger partial charge in [-0.25, -0.2) is 14.8 Å². The summed E-state index contributed by atoms with van der Waals surface area (Å²) in [6.07, 6.45) is 4.73. The normalized spacial score (nSPS) is 19.7. The van der Waals surface area contributed by atoms with Crippen molar-refractivity contribution in [2.24, 2.45) is 7.05 Å². The Labute approximate surface area is 182 Å². The smallest absolute Gasteiger partial charge is 0.325 e. The molecule has 1 aliphatic heterocycles. The van der Waals surface area contributed by atoms with Gasteiger partial charge in [-0.1, -0.05) is 35.6 Å². The number of nitrogens with zero attached hydrogens (tertiary/aromatic N) is 4. The van der Waals surface area contributed by atoms with Crippen LogP contribution in [0.4, 0.5) is 9.93 Å². The molecule has 9 nitrogen and oxygen atoms in total. The summed E-state index contributed by atoms with van der Waals surface area (Å²) in [7, 11) is 1.88. The van der Waals surface area contributed by atoms with Gasteiger partial charge in [0.2, 0.25) is 5.91 Å². The first-order valence-corrected chi connectivity index (χ1v) is 10.7. The van der Waals surface area contributed by atoms with Gasteiger partial charge in [0.25, 0.3) is 5.91 Å². The van der Waals surface area contributed by atoms with Crippen molar-refractivity contribution < 1.29 is 14.4 Å². The van der Waals surface area contributed by atoms with Crippen molar-refractivity contribution >= 4 is 34.3 Å². The fourth-order valence-electron chi connectivity index (χ4n) is 4.28. The highest BCUT2D eigenvalue weighted by molar-refractivity contribution is 7.19. The molecule has 2 aromatic heterocycles. The highest BCUT2D eigenvalue weighted by Gasteiger charge is 2.55. The van der Waals surface area contributed by atoms with Gasteiger partial charge in [0.05, 0.1) is 10.6 Å². The summed E-state index contributed by atoms with van der Waals surface area (Å²) < 4.78 is 1.87. The Morgan fingerprint density at radius 1 is 1.32 bits per heavy atom. The first-order chi connectivity index (χ1) is 14.9. The van der Waals surface area contributed by atoms with Gasteiger partial charge in [0.1, 0.15) is 12.1 Å². The third-order valence-corrected chi connectivity index (χ3v) is 6.86. The lowest BCUT2D eigenvalue weighted by molar-refractivity contribution is -0.134. The number of nitrogens with one attached hydrogen (secondary N) is 2. The monoisotopic (exact) mass is 436 g/mol. The minimum absolute atomic E-state index is 0.370. The molecule has 1 aliphatic carbocycles. The van der Waals surface area contributed by atoms with Crippen molar-refractivity contribution in [1.29, 1.82) is 0 Å². The number of imide groups is 1. The topological polar surface area (TPSA) is 109 Å². The maximum Gasteiger partial charge on any atom is 0.325 e. The van der Waals surface area contributed by atoms with Crippen LogP contribution in [0.1, 0.15) is 23.2 Å². The van der Waals surface area contributed by atoms with Crippen molar-refractivity contribution in [3.8, 4) is 10.7 Å². The van der Waals surface area contributed by atoms with Gasteiger partial charge in [0.15, 0.2) is 11.0 Å². The fourth-order valence-corrected chi connectivity index (χ4v) is 5.30. The van der Waals surface area contributed by atoms with Gasteiger partial charge < -0.3 is 15.2 Å². The number of benzene rings is 1. The van der Waals surface area contributed by atoms with Crippen molar-refractivity contribution in [2.45, 2.75) is 25.3 Å². The minimum atomic E-state index is -1.07. The molecule has 4 amide bonds. The Hall–Kier alpha value is -3.53. The van der Waals surface area contributed by atoms with Crippen LogP contribution >= 0.6 is 11.3 Å². The summed E-state index contributed by atoms with van der Waals surface area (Å²) in [4.78, 5) is 48.9. The number of urea groups is 1. The lowest BCUT2D eigenvalue weighted by Crippen LogP contribution is -2.42. The van der Waals surface area contributed by atoms with Crippen LogP contribution < -0.4 is 10.6 Å². The highest BCUT2D eigenvalue weighted by Crippen LogP contribution is 2.41. The number of carbonyl (C=O) groups is 3.